The molecule has 0 N–H and O–H groups in total. The molecular formula is C9H11ClPd+2. The van der Waals surface area contributed by atoms with Crippen LogP contribution in [0.25, 0.3) is 0 Å². The van der Waals surface area contributed by atoms with Crippen LogP contribution in [-0.4, -0.2) is 5.88 Å². The van der Waals surface area contributed by atoms with E-state index in [1.807, 2.05) is 32.1 Å². The van der Waals surface area contributed by atoms with Crippen molar-refractivity contribution in [1.82, 2.24) is 0 Å². The second-order valence-electron chi connectivity index (χ2n) is 1.85. The van der Waals surface area contributed by atoms with Gasteiger partial charge in [-0.3, -0.25) is 0 Å². The van der Waals surface area contributed by atoms with Crippen molar-refractivity contribution >= 4 is 11.6 Å². The summed E-state index contributed by atoms with van der Waals surface area (Å²) in [5, 5.41) is 0. The quantitative estimate of drug-likeness (QED) is 0.502. The van der Waals surface area contributed by atoms with Crippen LogP contribution in [0, 0.1) is 51.9 Å². The largest absolute Gasteiger partial charge is 2.00 e. The second kappa shape index (κ2) is 11.0. The van der Waals surface area contributed by atoms with Gasteiger partial charge in [-0.1, -0.05) is 0 Å². The molecular weight excluding hydrogens is 250 g/mol. The first-order valence-corrected chi connectivity index (χ1v) is 3.53. The van der Waals surface area contributed by atoms with Crippen molar-refractivity contribution in [2.75, 3.05) is 5.88 Å². The van der Waals surface area contributed by atoms with E-state index in [1.165, 1.54) is 0 Å². The van der Waals surface area contributed by atoms with Gasteiger partial charge in [0.05, 0.1) is 0 Å². The molecule has 0 amide bonds. The van der Waals surface area contributed by atoms with Gasteiger partial charge in [0.2, 0.25) is 0 Å². The summed E-state index contributed by atoms with van der Waals surface area (Å²) < 4.78 is 0. The molecule has 11 heavy (non-hydrogen) atoms. The molecule has 8 radical (unpaired) electrons. The predicted octanol–water partition coefficient (Wildman–Crippen LogP) is 2.49. The Morgan fingerprint density at radius 2 is 1.18 bits per heavy atom. The van der Waals surface area contributed by atoms with Crippen LogP contribution < -0.4 is 0 Å². The first-order valence-electron chi connectivity index (χ1n) is 2.99. The SMILES string of the molecule is [CH2][C]([CH2])CCl.[CH]1[CH][CH][CH][CH]1.[Pd+2]. The molecule has 0 aliphatic heterocycles. The molecule has 0 unspecified atom stereocenters. The summed E-state index contributed by atoms with van der Waals surface area (Å²) in [7, 11) is 0. The van der Waals surface area contributed by atoms with Crippen molar-refractivity contribution in [3.8, 4) is 0 Å². The molecule has 0 heterocycles. The summed E-state index contributed by atoms with van der Waals surface area (Å²) in [6.45, 7) is 6.86. The Bertz CT molecular complexity index is 53.0. The van der Waals surface area contributed by atoms with Gasteiger partial charge in [-0.25, -0.2) is 0 Å². The average Bonchev–Trinajstić information content (AvgIpc) is 2.43. The summed E-state index contributed by atoms with van der Waals surface area (Å²) in [6, 6.07) is 0. The Hall–Kier alpha value is 0.952. The van der Waals surface area contributed by atoms with Crippen molar-refractivity contribution in [2.24, 2.45) is 0 Å². The number of alkyl halides is 1. The maximum atomic E-state index is 5.17. The summed E-state index contributed by atoms with van der Waals surface area (Å²) in [6.07, 6.45) is 10.0. The van der Waals surface area contributed by atoms with Crippen LogP contribution in [-0.2, 0) is 20.4 Å². The third-order valence-electron chi connectivity index (χ3n) is 0.745. The third kappa shape index (κ3) is 13.9. The molecule has 0 atom stereocenters. The van der Waals surface area contributed by atoms with Gasteiger partial charge in [0.15, 0.2) is 0 Å². The molecule has 0 nitrogen and oxygen atoms in total. The van der Waals surface area contributed by atoms with Gasteiger partial charge in [0.1, 0.15) is 0 Å². The molecule has 1 rings (SSSR count). The Balaban J connectivity index is 0. The third-order valence-corrected chi connectivity index (χ3v) is 1.12. The molecule has 62 valence electrons. The number of rotatable bonds is 1. The van der Waals surface area contributed by atoms with Gasteiger partial charge in [0.25, 0.3) is 0 Å². The Kier molecular flexibility index (Phi) is 14.4. The fourth-order valence-corrected chi connectivity index (χ4v) is 0.321. The normalized spacial score (nSPS) is 15.3. The van der Waals surface area contributed by atoms with Crippen LogP contribution in [0.4, 0.5) is 0 Å². The Labute approximate surface area is 89.7 Å². The van der Waals surface area contributed by atoms with E-state index < -0.39 is 0 Å². The predicted molar refractivity (Wildman–Crippen MR) is 46.2 cm³/mol. The molecule has 0 bridgehead atoms. The Morgan fingerprint density at radius 3 is 1.27 bits per heavy atom. The van der Waals surface area contributed by atoms with E-state index in [1.54, 1.807) is 0 Å². The maximum Gasteiger partial charge on any atom is 2.00 e. The molecule has 2 heteroatoms. The van der Waals surface area contributed by atoms with Crippen LogP contribution in [0.5, 0.6) is 0 Å². The minimum Gasteiger partial charge on any atom is -0.126 e. The van der Waals surface area contributed by atoms with Crippen LogP contribution in [0.1, 0.15) is 0 Å². The fraction of sp³-hybridized carbons (Fsp3) is 0.111. The Morgan fingerprint density at radius 1 is 1.00 bits per heavy atom. The molecule has 0 aromatic heterocycles. The molecule has 0 saturated heterocycles. The first kappa shape index (κ1) is 14.5. The van der Waals surface area contributed by atoms with Crippen LogP contribution in [0.15, 0.2) is 0 Å². The molecule has 1 aliphatic rings. The van der Waals surface area contributed by atoms with E-state index in [9.17, 15) is 0 Å². The molecule has 0 spiro atoms. The fourth-order valence-electron chi connectivity index (χ4n) is 0.321. The van der Waals surface area contributed by atoms with Crippen molar-refractivity contribution < 1.29 is 20.4 Å². The van der Waals surface area contributed by atoms with Gasteiger partial charge in [-0.15, -0.1) is 11.6 Å². The van der Waals surface area contributed by atoms with Crippen molar-refractivity contribution in [1.29, 1.82) is 0 Å². The molecule has 0 aromatic rings. The zero-order chi connectivity index (χ0) is 7.82. The topological polar surface area (TPSA) is 0 Å². The van der Waals surface area contributed by atoms with E-state index >= 15 is 0 Å². The van der Waals surface area contributed by atoms with Crippen LogP contribution >= 0.6 is 11.6 Å². The molecule has 0 aromatic carbocycles. The zero-order valence-corrected chi connectivity index (χ0v) is 8.51. The standard InChI is InChI=1S/C5H5.C4H6Cl.Pd/c1-2-4-5-3-1;1-4(2)3-5;/h1-5H;1-3H2;/q;;+2. The molecule has 1 aliphatic carbocycles. The maximum absolute atomic E-state index is 5.17. The monoisotopic (exact) mass is 260 g/mol. The van der Waals surface area contributed by atoms with E-state index in [4.69, 9.17) is 11.6 Å². The minimum atomic E-state index is 0. The van der Waals surface area contributed by atoms with E-state index in [2.05, 4.69) is 13.8 Å². The van der Waals surface area contributed by atoms with Gasteiger partial charge in [-0.2, -0.15) is 0 Å². The summed E-state index contributed by atoms with van der Waals surface area (Å²) in [5.41, 5.74) is 0. The average molecular weight is 261 g/mol. The second-order valence-corrected chi connectivity index (χ2v) is 2.11. The van der Waals surface area contributed by atoms with Crippen molar-refractivity contribution in [3.63, 3.8) is 0 Å². The van der Waals surface area contributed by atoms with Crippen LogP contribution in [0.3, 0.4) is 0 Å². The van der Waals surface area contributed by atoms with Gasteiger partial charge >= 0.3 is 20.4 Å². The van der Waals surface area contributed by atoms with Gasteiger partial charge in [-0.05, 0) is 51.9 Å². The summed E-state index contributed by atoms with van der Waals surface area (Å²) in [4.78, 5) is 0. The van der Waals surface area contributed by atoms with Crippen molar-refractivity contribution in [2.45, 2.75) is 0 Å². The molecule has 1 fully saturated rings. The molecule has 1 saturated carbocycles. The van der Waals surface area contributed by atoms with E-state index in [-0.39, 0.29) is 20.4 Å². The van der Waals surface area contributed by atoms with E-state index in [0.29, 0.717) is 5.88 Å². The van der Waals surface area contributed by atoms with E-state index in [0.717, 1.165) is 5.92 Å². The summed E-state index contributed by atoms with van der Waals surface area (Å²) >= 11 is 5.17. The smallest absolute Gasteiger partial charge is 0.126 e. The van der Waals surface area contributed by atoms with Crippen LogP contribution in [0.2, 0.25) is 0 Å². The number of hydrogen-bond acceptors (Lipinski definition) is 0. The van der Waals surface area contributed by atoms with Gasteiger partial charge < -0.3 is 0 Å². The number of halogens is 1. The van der Waals surface area contributed by atoms with Crippen molar-refractivity contribution in [3.05, 3.63) is 51.9 Å². The van der Waals surface area contributed by atoms with Gasteiger partial charge in [0, 0.05) is 5.88 Å². The first-order chi connectivity index (χ1) is 4.77. The minimum absolute atomic E-state index is 0. The number of hydrogen-bond donors (Lipinski definition) is 0. The summed E-state index contributed by atoms with van der Waals surface area (Å²) in [5.74, 6) is 1.24. The zero-order valence-electron chi connectivity index (χ0n) is 6.20.